The Morgan fingerprint density at radius 3 is 2.27 bits per heavy atom. The van der Waals surface area contributed by atoms with Crippen LogP contribution in [0, 0.1) is 58.2 Å². The highest BCUT2D eigenvalue weighted by Gasteiger charge is 2.69. The summed E-state index contributed by atoms with van der Waals surface area (Å²) in [7, 11) is 0. The molecule has 2 heteroatoms. The summed E-state index contributed by atoms with van der Waals surface area (Å²) in [6.45, 7) is 13.6. The van der Waals surface area contributed by atoms with E-state index in [2.05, 4.69) is 34.6 Å². The molecule has 0 aromatic rings. The first-order valence-corrected chi connectivity index (χ1v) is 13.6. The van der Waals surface area contributed by atoms with E-state index >= 15 is 0 Å². The molecule has 11 unspecified atom stereocenters. The van der Waals surface area contributed by atoms with Gasteiger partial charge in [0.25, 0.3) is 0 Å². The largest absolute Gasteiger partial charge is 0.349 e. The number of hydrogen-bond donors (Lipinski definition) is 0. The highest BCUT2D eigenvalue weighted by molar-refractivity contribution is 5.15. The Morgan fingerprint density at radius 2 is 1.50 bits per heavy atom. The fourth-order valence-electron chi connectivity index (χ4n) is 10.5. The Kier molecular flexibility index (Phi) is 4.60. The van der Waals surface area contributed by atoms with Gasteiger partial charge in [0.2, 0.25) is 0 Å². The van der Waals surface area contributed by atoms with E-state index in [4.69, 9.17) is 9.47 Å². The lowest BCUT2D eigenvalue weighted by molar-refractivity contribution is -0.273. The second-order valence-electron chi connectivity index (χ2n) is 13.6. The maximum absolute atomic E-state index is 6.93. The molecule has 2 aliphatic heterocycles. The predicted octanol–water partition coefficient (Wildman–Crippen LogP) is 7.07. The molecule has 4 saturated carbocycles. The van der Waals surface area contributed by atoms with Gasteiger partial charge in [-0.1, -0.05) is 41.0 Å². The van der Waals surface area contributed by atoms with Crippen molar-refractivity contribution in [2.75, 3.05) is 6.61 Å². The lowest BCUT2D eigenvalue weighted by Gasteiger charge is -2.61. The molecule has 2 saturated heterocycles. The number of fused-ring (bicyclic) bond motifs is 7. The van der Waals surface area contributed by atoms with E-state index in [-0.39, 0.29) is 5.79 Å². The van der Waals surface area contributed by atoms with Crippen LogP contribution in [0.1, 0.15) is 98.8 Å². The topological polar surface area (TPSA) is 18.5 Å². The Labute approximate surface area is 185 Å². The van der Waals surface area contributed by atoms with Gasteiger partial charge in [-0.3, -0.25) is 0 Å². The third-order valence-corrected chi connectivity index (χ3v) is 12.2. The second-order valence-corrected chi connectivity index (χ2v) is 13.6. The molecule has 170 valence electrons. The molecule has 1 spiro atoms. The van der Waals surface area contributed by atoms with E-state index in [0.29, 0.717) is 34.7 Å². The van der Waals surface area contributed by atoms with Crippen molar-refractivity contribution in [3.63, 3.8) is 0 Å². The number of hydrogen-bond acceptors (Lipinski definition) is 2. The second kappa shape index (κ2) is 6.72. The lowest BCUT2D eigenvalue weighted by atomic mass is 9.44. The van der Waals surface area contributed by atoms with Crippen molar-refractivity contribution in [3.05, 3.63) is 0 Å². The number of rotatable bonds is 0. The van der Waals surface area contributed by atoms with Crippen molar-refractivity contribution in [2.24, 2.45) is 58.2 Å². The normalized spacial score (nSPS) is 62.5. The molecule has 0 N–H and O–H groups in total. The van der Waals surface area contributed by atoms with E-state index in [9.17, 15) is 0 Å². The molecular formula is C28H46O2. The van der Waals surface area contributed by atoms with Crippen molar-refractivity contribution < 1.29 is 9.47 Å². The van der Waals surface area contributed by atoms with Gasteiger partial charge < -0.3 is 9.47 Å². The zero-order chi connectivity index (χ0) is 20.9. The van der Waals surface area contributed by atoms with Crippen molar-refractivity contribution in [1.82, 2.24) is 0 Å². The van der Waals surface area contributed by atoms with Crippen LogP contribution in [0.3, 0.4) is 0 Å². The van der Waals surface area contributed by atoms with Gasteiger partial charge in [0.1, 0.15) is 0 Å². The van der Waals surface area contributed by atoms with E-state index in [0.717, 1.165) is 42.6 Å². The van der Waals surface area contributed by atoms with Crippen molar-refractivity contribution in [2.45, 2.75) is 111 Å². The zero-order valence-corrected chi connectivity index (χ0v) is 20.3. The summed E-state index contributed by atoms with van der Waals surface area (Å²) >= 11 is 0. The third kappa shape index (κ3) is 2.62. The maximum Gasteiger partial charge on any atom is 0.171 e. The molecular weight excluding hydrogens is 368 g/mol. The van der Waals surface area contributed by atoms with Crippen LogP contribution in [-0.2, 0) is 9.47 Å². The Morgan fingerprint density at radius 1 is 0.733 bits per heavy atom. The molecule has 12 atom stereocenters. The van der Waals surface area contributed by atoms with Crippen LogP contribution in [0.5, 0.6) is 0 Å². The van der Waals surface area contributed by atoms with Gasteiger partial charge in [-0.2, -0.15) is 0 Å². The molecule has 0 aromatic heterocycles. The SMILES string of the molecule is CC1CCC2(OC1)OC1CC3C4CCC5C[C@H](C)CCC5(C)C4CCC3(C)C1C2C. The molecule has 6 fully saturated rings. The fraction of sp³-hybridized carbons (Fsp3) is 1.00. The van der Waals surface area contributed by atoms with Crippen LogP contribution >= 0.6 is 0 Å². The van der Waals surface area contributed by atoms with Crippen LogP contribution in [0.4, 0.5) is 0 Å². The van der Waals surface area contributed by atoms with E-state index in [1.165, 1.54) is 57.8 Å². The summed E-state index contributed by atoms with van der Waals surface area (Å²) in [6.07, 6.45) is 14.6. The van der Waals surface area contributed by atoms with E-state index in [1.807, 2.05) is 0 Å². The van der Waals surface area contributed by atoms with Crippen molar-refractivity contribution >= 4 is 0 Å². The van der Waals surface area contributed by atoms with E-state index < -0.39 is 0 Å². The Balaban J connectivity index is 1.26. The molecule has 4 aliphatic carbocycles. The molecule has 0 bridgehead atoms. The summed E-state index contributed by atoms with van der Waals surface area (Å²) in [5.74, 6) is 6.52. The van der Waals surface area contributed by atoms with Gasteiger partial charge in [0.15, 0.2) is 5.79 Å². The molecule has 6 aliphatic rings. The highest BCUT2D eigenvalue weighted by atomic mass is 16.7. The highest BCUT2D eigenvalue weighted by Crippen LogP contribution is 2.71. The summed E-state index contributed by atoms with van der Waals surface area (Å²) in [5.41, 5.74) is 1.11. The minimum atomic E-state index is -0.254. The average Bonchev–Trinajstić information content (AvgIpc) is 3.16. The summed E-state index contributed by atoms with van der Waals surface area (Å²) in [5, 5.41) is 0. The molecule has 30 heavy (non-hydrogen) atoms. The van der Waals surface area contributed by atoms with Crippen LogP contribution in [0.2, 0.25) is 0 Å². The molecule has 2 heterocycles. The van der Waals surface area contributed by atoms with Crippen molar-refractivity contribution in [3.8, 4) is 0 Å². The predicted molar refractivity (Wildman–Crippen MR) is 121 cm³/mol. The van der Waals surface area contributed by atoms with Crippen molar-refractivity contribution in [1.29, 1.82) is 0 Å². The minimum absolute atomic E-state index is 0.254. The zero-order valence-electron chi connectivity index (χ0n) is 20.3. The minimum Gasteiger partial charge on any atom is -0.349 e. The Hall–Kier alpha value is -0.0800. The van der Waals surface area contributed by atoms with Gasteiger partial charge in [-0.05, 0) is 104 Å². The quantitative estimate of drug-likeness (QED) is 0.422. The molecule has 0 amide bonds. The van der Waals surface area contributed by atoms with Crippen LogP contribution in [0.15, 0.2) is 0 Å². The summed E-state index contributed by atoms with van der Waals surface area (Å²) in [6, 6.07) is 0. The average molecular weight is 415 g/mol. The van der Waals surface area contributed by atoms with Gasteiger partial charge in [-0.15, -0.1) is 0 Å². The monoisotopic (exact) mass is 414 g/mol. The van der Waals surface area contributed by atoms with Gasteiger partial charge in [0, 0.05) is 12.3 Å². The van der Waals surface area contributed by atoms with Gasteiger partial charge in [0.05, 0.1) is 12.7 Å². The first kappa shape index (κ1) is 20.5. The summed E-state index contributed by atoms with van der Waals surface area (Å²) in [4.78, 5) is 0. The molecule has 2 nitrogen and oxygen atoms in total. The van der Waals surface area contributed by atoms with Gasteiger partial charge in [-0.25, -0.2) is 0 Å². The van der Waals surface area contributed by atoms with Gasteiger partial charge >= 0.3 is 0 Å². The van der Waals surface area contributed by atoms with E-state index in [1.54, 1.807) is 0 Å². The van der Waals surface area contributed by atoms with Crippen LogP contribution < -0.4 is 0 Å². The first-order chi connectivity index (χ1) is 14.3. The third-order valence-electron chi connectivity index (χ3n) is 12.2. The molecule has 6 rings (SSSR count). The first-order valence-electron chi connectivity index (χ1n) is 13.6. The Bertz CT molecular complexity index is 680. The van der Waals surface area contributed by atoms with Crippen LogP contribution in [-0.4, -0.2) is 18.5 Å². The standard InChI is InChI=1S/C28H46O2/c1-17-8-11-26(4)20(14-17)6-7-21-22(26)10-12-27(5)23(21)15-24-25(27)19(3)28(30-24)13-9-18(2)16-29-28/h17-25H,6-16H2,1-5H3/t17-,18?,19?,20?,21?,22?,23?,24?,25?,26?,27?,28?/m1/s1. The summed E-state index contributed by atoms with van der Waals surface area (Å²) < 4.78 is 13.4. The number of ether oxygens (including phenoxy) is 2. The smallest absolute Gasteiger partial charge is 0.171 e. The fourth-order valence-corrected chi connectivity index (χ4v) is 10.5. The lowest BCUT2D eigenvalue weighted by Crippen LogP contribution is -2.54. The van der Waals surface area contributed by atoms with Crippen LogP contribution in [0.25, 0.3) is 0 Å². The molecule has 0 radical (unpaired) electrons. The molecule has 0 aromatic carbocycles. The maximum atomic E-state index is 6.93.